The maximum absolute atomic E-state index is 12.7. The van der Waals surface area contributed by atoms with Gasteiger partial charge in [-0.1, -0.05) is 43.2 Å². The number of amides is 2. The van der Waals surface area contributed by atoms with Crippen LogP contribution in [0.1, 0.15) is 43.6 Å². The molecule has 1 aromatic carbocycles. The molecule has 1 aliphatic heterocycles. The number of nitrogens with two attached hydrogens (primary N) is 1. The number of imide groups is 1. The Kier molecular flexibility index (Phi) is 4.06. The van der Waals surface area contributed by atoms with Gasteiger partial charge in [-0.25, -0.2) is 0 Å². The Bertz CT molecular complexity index is 523. The number of hydrogen-bond donors (Lipinski definition) is 1. The fourth-order valence-electron chi connectivity index (χ4n) is 3.80. The third-order valence-corrected chi connectivity index (χ3v) is 4.90. The van der Waals surface area contributed by atoms with Crippen LogP contribution in [0.2, 0.25) is 0 Å². The van der Waals surface area contributed by atoms with Crippen molar-refractivity contribution in [1.82, 2.24) is 4.90 Å². The third-order valence-electron chi connectivity index (χ3n) is 4.90. The highest BCUT2D eigenvalue weighted by molar-refractivity contribution is 6.06. The van der Waals surface area contributed by atoms with Gasteiger partial charge in [-0.15, -0.1) is 0 Å². The van der Waals surface area contributed by atoms with Crippen molar-refractivity contribution in [3.05, 3.63) is 35.9 Å². The smallest absolute Gasteiger partial charge is 0.237 e. The lowest BCUT2D eigenvalue weighted by Crippen LogP contribution is -2.48. The Hall–Kier alpha value is -1.68. The van der Waals surface area contributed by atoms with Gasteiger partial charge in [0, 0.05) is 13.0 Å². The SMILES string of the molecule is NCC(C1CCCC1)N1C(=O)CC(c2ccccc2)C1=O. The van der Waals surface area contributed by atoms with Gasteiger partial charge in [-0.2, -0.15) is 0 Å². The quantitative estimate of drug-likeness (QED) is 0.862. The van der Waals surface area contributed by atoms with E-state index in [1.807, 2.05) is 30.3 Å². The summed E-state index contributed by atoms with van der Waals surface area (Å²) in [5.41, 5.74) is 6.83. The summed E-state index contributed by atoms with van der Waals surface area (Å²) >= 11 is 0. The van der Waals surface area contributed by atoms with Crippen LogP contribution in [-0.4, -0.2) is 29.3 Å². The molecule has 2 amide bonds. The van der Waals surface area contributed by atoms with Gasteiger partial charge in [0.15, 0.2) is 0 Å². The molecular weight excluding hydrogens is 264 g/mol. The minimum absolute atomic E-state index is 0.0591. The normalized spacial score (nSPS) is 24.8. The predicted molar refractivity (Wildman–Crippen MR) is 80.5 cm³/mol. The fourth-order valence-corrected chi connectivity index (χ4v) is 3.80. The summed E-state index contributed by atoms with van der Waals surface area (Å²) in [6.07, 6.45) is 4.80. The van der Waals surface area contributed by atoms with Crippen molar-refractivity contribution < 1.29 is 9.59 Å². The molecule has 2 unspecified atom stereocenters. The Morgan fingerprint density at radius 2 is 1.81 bits per heavy atom. The molecule has 0 radical (unpaired) electrons. The Morgan fingerprint density at radius 1 is 1.14 bits per heavy atom. The van der Waals surface area contributed by atoms with Crippen LogP contribution in [0.5, 0.6) is 0 Å². The van der Waals surface area contributed by atoms with Crippen LogP contribution in [0.4, 0.5) is 0 Å². The first-order valence-corrected chi connectivity index (χ1v) is 7.83. The second kappa shape index (κ2) is 5.98. The summed E-state index contributed by atoms with van der Waals surface area (Å²) in [5.74, 6) is -0.0590. The van der Waals surface area contributed by atoms with E-state index >= 15 is 0 Å². The van der Waals surface area contributed by atoms with Crippen molar-refractivity contribution in [1.29, 1.82) is 0 Å². The lowest BCUT2D eigenvalue weighted by Gasteiger charge is -2.30. The number of nitrogens with zero attached hydrogens (tertiary/aromatic N) is 1. The van der Waals surface area contributed by atoms with Gasteiger partial charge in [0.1, 0.15) is 0 Å². The number of carbonyl (C=O) groups excluding carboxylic acids is 2. The fraction of sp³-hybridized carbons (Fsp3) is 0.529. The number of carbonyl (C=O) groups is 2. The molecular formula is C17H22N2O2. The molecule has 0 bridgehead atoms. The first-order chi connectivity index (χ1) is 10.2. The largest absolute Gasteiger partial charge is 0.328 e. The standard InChI is InChI=1S/C17H22N2O2/c18-11-15(13-8-4-5-9-13)19-16(20)10-14(17(19)21)12-6-2-1-3-7-12/h1-3,6-7,13-15H,4-5,8-11,18H2. The Balaban J connectivity index is 1.83. The molecule has 4 heteroatoms. The molecule has 0 aromatic heterocycles. The van der Waals surface area contributed by atoms with Gasteiger partial charge in [0.05, 0.1) is 12.0 Å². The molecule has 1 aromatic rings. The lowest BCUT2D eigenvalue weighted by molar-refractivity contribution is -0.142. The highest BCUT2D eigenvalue weighted by Gasteiger charge is 2.44. The topological polar surface area (TPSA) is 63.4 Å². The first-order valence-electron chi connectivity index (χ1n) is 7.83. The molecule has 21 heavy (non-hydrogen) atoms. The van der Waals surface area contributed by atoms with Crippen LogP contribution in [0.15, 0.2) is 30.3 Å². The van der Waals surface area contributed by atoms with E-state index < -0.39 is 0 Å². The summed E-state index contributed by atoms with van der Waals surface area (Å²) in [6, 6.07) is 9.48. The van der Waals surface area contributed by atoms with Crippen LogP contribution in [0, 0.1) is 5.92 Å². The molecule has 2 aliphatic rings. The van der Waals surface area contributed by atoms with Crippen molar-refractivity contribution in [2.45, 2.75) is 44.1 Å². The van der Waals surface area contributed by atoms with Crippen LogP contribution in [0.25, 0.3) is 0 Å². The van der Waals surface area contributed by atoms with Gasteiger partial charge in [-0.3, -0.25) is 14.5 Å². The van der Waals surface area contributed by atoms with E-state index in [4.69, 9.17) is 5.73 Å². The highest BCUT2D eigenvalue weighted by atomic mass is 16.2. The van der Waals surface area contributed by atoms with E-state index in [-0.39, 0.29) is 30.2 Å². The zero-order valence-corrected chi connectivity index (χ0v) is 12.2. The van der Waals surface area contributed by atoms with Gasteiger partial charge in [0.2, 0.25) is 11.8 Å². The van der Waals surface area contributed by atoms with Crippen molar-refractivity contribution in [3.8, 4) is 0 Å². The van der Waals surface area contributed by atoms with Gasteiger partial charge >= 0.3 is 0 Å². The highest BCUT2D eigenvalue weighted by Crippen LogP contribution is 2.36. The molecule has 4 nitrogen and oxygen atoms in total. The number of hydrogen-bond acceptors (Lipinski definition) is 3. The number of benzene rings is 1. The zero-order valence-electron chi connectivity index (χ0n) is 12.2. The van der Waals surface area contributed by atoms with Crippen LogP contribution in [0.3, 0.4) is 0 Å². The molecule has 1 aliphatic carbocycles. The van der Waals surface area contributed by atoms with Crippen molar-refractivity contribution in [2.75, 3.05) is 6.54 Å². The molecule has 112 valence electrons. The second-order valence-corrected chi connectivity index (χ2v) is 6.12. The summed E-state index contributed by atoms with van der Waals surface area (Å²) in [6.45, 7) is 0.379. The van der Waals surface area contributed by atoms with Crippen LogP contribution >= 0.6 is 0 Å². The monoisotopic (exact) mass is 286 g/mol. The third kappa shape index (κ3) is 2.60. The van der Waals surface area contributed by atoms with E-state index in [0.29, 0.717) is 12.5 Å². The van der Waals surface area contributed by atoms with E-state index in [9.17, 15) is 9.59 Å². The van der Waals surface area contributed by atoms with Crippen molar-refractivity contribution in [2.24, 2.45) is 11.7 Å². The summed E-state index contributed by atoms with van der Waals surface area (Å²) in [5, 5.41) is 0. The van der Waals surface area contributed by atoms with E-state index in [1.165, 1.54) is 17.7 Å². The maximum atomic E-state index is 12.7. The molecule has 0 spiro atoms. The predicted octanol–water partition coefficient (Wildman–Crippen LogP) is 2.05. The second-order valence-electron chi connectivity index (χ2n) is 6.12. The summed E-state index contributed by atoms with van der Waals surface area (Å²) in [7, 11) is 0. The van der Waals surface area contributed by atoms with E-state index in [1.54, 1.807) is 0 Å². The number of likely N-dealkylation sites (tertiary alicyclic amines) is 1. The molecule has 2 fully saturated rings. The van der Waals surface area contributed by atoms with E-state index in [2.05, 4.69) is 0 Å². The maximum Gasteiger partial charge on any atom is 0.237 e. The number of rotatable bonds is 4. The van der Waals surface area contributed by atoms with Gasteiger partial charge < -0.3 is 5.73 Å². The molecule has 3 rings (SSSR count). The molecule has 1 saturated carbocycles. The summed E-state index contributed by atoms with van der Waals surface area (Å²) in [4.78, 5) is 26.6. The minimum atomic E-state index is -0.325. The van der Waals surface area contributed by atoms with E-state index in [0.717, 1.165) is 18.4 Å². The molecule has 2 atom stereocenters. The molecule has 1 heterocycles. The van der Waals surface area contributed by atoms with Crippen LogP contribution in [-0.2, 0) is 9.59 Å². The van der Waals surface area contributed by atoms with Crippen molar-refractivity contribution in [3.63, 3.8) is 0 Å². The van der Waals surface area contributed by atoms with Crippen molar-refractivity contribution >= 4 is 11.8 Å². The lowest BCUT2D eigenvalue weighted by atomic mass is 9.95. The summed E-state index contributed by atoms with van der Waals surface area (Å²) < 4.78 is 0. The average Bonchev–Trinajstić information content (AvgIpc) is 3.12. The van der Waals surface area contributed by atoms with Gasteiger partial charge in [-0.05, 0) is 24.3 Å². The Labute approximate surface area is 125 Å². The van der Waals surface area contributed by atoms with Gasteiger partial charge in [0.25, 0.3) is 0 Å². The average molecular weight is 286 g/mol. The first kappa shape index (κ1) is 14.3. The Morgan fingerprint density at radius 3 is 2.43 bits per heavy atom. The zero-order chi connectivity index (χ0) is 14.8. The minimum Gasteiger partial charge on any atom is -0.328 e. The molecule has 1 saturated heterocycles. The van der Waals surface area contributed by atoms with Crippen LogP contribution < -0.4 is 5.73 Å². The molecule has 2 N–H and O–H groups in total.